The van der Waals surface area contributed by atoms with Crippen LogP contribution in [0.15, 0.2) is 34.9 Å². The Morgan fingerprint density at radius 1 is 1.43 bits per heavy atom. The molecule has 0 aromatic heterocycles. The van der Waals surface area contributed by atoms with Gasteiger partial charge in [0.2, 0.25) is 0 Å². The lowest BCUT2D eigenvalue weighted by Gasteiger charge is -2.36. The van der Waals surface area contributed by atoms with E-state index in [9.17, 15) is 14.4 Å². The first kappa shape index (κ1) is 15.4. The van der Waals surface area contributed by atoms with E-state index < -0.39 is 17.3 Å². The maximum atomic E-state index is 12.4. The summed E-state index contributed by atoms with van der Waals surface area (Å²) >= 11 is 0. The van der Waals surface area contributed by atoms with Gasteiger partial charge >= 0.3 is 5.97 Å². The lowest BCUT2D eigenvalue weighted by Crippen LogP contribution is -2.33. The van der Waals surface area contributed by atoms with Crippen molar-refractivity contribution in [1.82, 2.24) is 0 Å². The van der Waals surface area contributed by atoms with E-state index in [-0.39, 0.29) is 24.6 Å². The summed E-state index contributed by atoms with van der Waals surface area (Å²) in [6, 6.07) is 0. The number of carbonyl (C=O) groups is 3. The molecule has 21 heavy (non-hydrogen) atoms. The van der Waals surface area contributed by atoms with Crippen LogP contribution in [0.3, 0.4) is 0 Å². The van der Waals surface area contributed by atoms with Gasteiger partial charge in [-0.3, -0.25) is 14.4 Å². The van der Waals surface area contributed by atoms with E-state index in [1.807, 2.05) is 6.92 Å². The van der Waals surface area contributed by atoms with Crippen molar-refractivity contribution in [3.8, 4) is 0 Å². The first-order valence-corrected chi connectivity index (χ1v) is 7.16. The average molecular weight is 288 g/mol. The number of hydrogen-bond acceptors (Lipinski definition) is 4. The summed E-state index contributed by atoms with van der Waals surface area (Å²) in [5, 5.41) is 0. The third-order valence-electron chi connectivity index (χ3n) is 4.25. The van der Waals surface area contributed by atoms with Crippen LogP contribution in [-0.2, 0) is 19.1 Å². The van der Waals surface area contributed by atoms with E-state index in [2.05, 4.69) is 0 Å². The van der Waals surface area contributed by atoms with E-state index in [0.29, 0.717) is 11.1 Å². The fourth-order valence-electron chi connectivity index (χ4n) is 2.90. The average Bonchev–Trinajstić information content (AvgIpc) is 2.42. The normalized spacial score (nSPS) is 26.4. The molecule has 0 fully saturated rings. The molecule has 2 atom stereocenters. The molecule has 2 rings (SSSR count). The lowest BCUT2D eigenvalue weighted by molar-refractivity contribution is -0.146. The first-order chi connectivity index (χ1) is 9.80. The molecule has 0 saturated heterocycles. The molecule has 0 aliphatic heterocycles. The van der Waals surface area contributed by atoms with Gasteiger partial charge in [0.15, 0.2) is 11.6 Å². The highest BCUT2D eigenvalue weighted by molar-refractivity contribution is 6.09. The van der Waals surface area contributed by atoms with Crippen LogP contribution in [0.4, 0.5) is 0 Å². The van der Waals surface area contributed by atoms with Crippen LogP contribution in [-0.4, -0.2) is 24.1 Å². The Morgan fingerprint density at radius 3 is 2.71 bits per heavy atom. The molecule has 0 radical (unpaired) electrons. The Kier molecular flexibility index (Phi) is 3.99. The van der Waals surface area contributed by atoms with Crippen LogP contribution in [0, 0.1) is 11.3 Å². The Hall–Kier alpha value is -1.97. The number of rotatable bonds is 3. The van der Waals surface area contributed by atoms with E-state index >= 15 is 0 Å². The first-order valence-electron chi connectivity index (χ1n) is 7.16. The van der Waals surface area contributed by atoms with Gasteiger partial charge in [0.1, 0.15) is 0 Å². The molecule has 0 aromatic rings. The van der Waals surface area contributed by atoms with Crippen molar-refractivity contribution < 1.29 is 19.1 Å². The largest absolute Gasteiger partial charge is 0.466 e. The van der Waals surface area contributed by atoms with Gasteiger partial charge in [-0.05, 0) is 32.4 Å². The zero-order valence-electron chi connectivity index (χ0n) is 12.9. The molecule has 0 amide bonds. The van der Waals surface area contributed by atoms with Crippen molar-refractivity contribution >= 4 is 17.5 Å². The van der Waals surface area contributed by atoms with Gasteiger partial charge in [0.25, 0.3) is 0 Å². The van der Waals surface area contributed by atoms with Crippen molar-refractivity contribution in [2.75, 3.05) is 6.61 Å². The minimum absolute atomic E-state index is 0.0452. The molecule has 0 N–H and O–H groups in total. The number of fused-ring (bicyclic) bond motifs is 1. The summed E-state index contributed by atoms with van der Waals surface area (Å²) in [6.07, 6.45) is 5.31. The number of carbonyl (C=O) groups excluding carboxylic acids is 3. The van der Waals surface area contributed by atoms with Crippen molar-refractivity contribution in [3.05, 3.63) is 34.9 Å². The highest BCUT2D eigenvalue weighted by Gasteiger charge is 2.40. The molecule has 4 heteroatoms. The van der Waals surface area contributed by atoms with Gasteiger partial charge in [-0.15, -0.1) is 0 Å². The van der Waals surface area contributed by atoms with Gasteiger partial charge in [-0.2, -0.15) is 0 Å². The number of Topliss-reactive ketones (excluding diaryl/α,β-unsaturated/α-hetero) is 1. The summed E-state index contributed by atoms with van der Waals surface area (Å²) in [5.74, 6) is -1.12. The number of allylic oxidation sites excluding steroid dienone is 5. The van der Waals surface area contributed by atoms with E-state index in [4.69, 9.17) is 4.74 Å². The summed E-state index contributed by atoms with van der Waals surface area (Å²) < 4.78 is 4.99. The van der Waals surface area contributed by atoms with Crippen molar-refractivity contribution in [2.45, 2.75) is 34.1 Å². The molecule has 0 bridgehead atoms. The molecule has 4 nitrogen and oxygen atoms in total. The molecule has 0 heterocycles. The smallest absolute Gasteiger partial charge is 0.313 e. The van der Waals surface area contributed by atoms with Crippen LogP contribution in [0.5, 0.6) is 0 Å². The maximum Gasteiger partial charge on any atom is 0.313 e. The van der Waals surface area contributed by atoms with Crippen LogP contribution in [0.25, 0.3) is 0 Å². The Balaban J connectivity index is 2.46. The minimum Gasteiger partial charge on any atom is -0.466 e. The molecule has 2 aliphatic rings. The van der Waals surface area contributed by atoms with Gasteiger partial charge in [-0.1, -0.05) is 19.1 Å². The third-order valence-corrected chi connectivity index (χ3v) is 4.25. The van der Waals surface area contributed by atoms with Gasteiger partial charge in [0, 0.05) is 23.0 Å². The molecular weight excluding hydrogens is 268 g/mol. The highest BCUT2D eigenvalue weighted by Crippen LogP contribution is 2.44. The SMILES string of the molecule is CCOC(=O)[C@@H](C)C1=CC2=C(C)C(=O)C=C[C@]2(C)CC1=O. The number of hydrogen-bond donors (Lipinski definition) is 0. The quantitative estimate of drug-likeness (QED) is 0.749. The molecule has 112 valence electrons. The molecular formula is C17H20O4. The standard InChI is InChI=1S/C17H20O4/c1-5-21-16(20)10(2)12-8-13-11(3)14(18)6-7-17(13,4)9-15(12)19/h6-8,10H,5,9H2,1-4H3/t10-,17+/m0/s1. The summed E-state index contributed by atoms with van der Waals surface area (Å²) in [5.41, 5.74) is 1.46. The molecule has 2 aliphatic carbocycles. The Labute approximate surface area is 124 Å². The second-order valence-electron chi connectivity index (χ2n) is 5.83. The van der Waals surface area contributed by atoms with Gasteiger partial charge in [-0.25, -0.2) is 0 Å². The fraction of sp³-hybridized carbons (Fsp3) is 0.471. The van der Waals surface area contributed by atoms with Crippen molar-refractivity contribution in [2.24, 2.45) is 11.3 Å². The predicted octanol–water partition coefficient (Wildman–Crippen LogP) is 2.55. The fourth-order valence-corrected chi connectivity index (χ4v) is 2.90. The Morgan fingerprint density at radius 2 is 2.10 bits per heavy atom. The summed E-state index contributed by atoms with van der Waals surface area (Å²) in [6.45, 7) is 7.38. The van der Waals surface area contributed by atoms with E-state index in [0.717, 1.165) is 5.57 Å². The third kappa shape index (κ3) is 2.62. The van der Waals surface area contributed by atoms with Crippen LogP contribution in [0.2, 0.25) is 0 Å². The summed E-state index contributed by atoms with van der Waals surface area (Å²) in [7, 11) is 0. The second-order valence-corrected chi connectivity index (χ2v) is 5.83. The predicted molar refractivity (Wildman–Crippen MR) is 78.5 cm³/mol. The maximum absolute atomic E-state index is 12.4. The van der Waals surface area contributed by atoms with Crippen LogP contribution < -0.4 is 0 Å². The molecule has 0 unspecified atom stereocenters. The van der Waals surface area contributed by atoms with Gasteiger partial charge < -0.3 is 4.74 Å². The number of ether oxygens (including phenoxy) is 1. The van der Waals surface area contributed by atoms with Crippen LogP contribution >= 0.6 is 0 Å². The number of ketones is 2. The topological polar surface area (TPSA) is 60.4 Å². The minimum atomic E-state index is -0.608. The van der Waals surface area contributed by atoms with Crippen molar-refractivity contribution in [3.63, 3.8) is 0 Å². The van der Waals surface area contributed by atoms with E-state index in [1.165, 1.54) is 6.08 Å². The summed E-state index contributed by atoms with van der Waals surface area (Å²) in [4.78, 5) is 36.1. The van der Waals surface area contributed by atoms with Crippen molar-refractivity contribution in [1.29, 1.82) is 0 Å². The van der Waals surface area contributed by atoms with Crippen LogP contribution in [0.1, 0.15) is 34.1 Å². The van der Waals surface area contributed by atoms with Gasteiger partial charge in [0.05, 0.1) is 12.5 Å². The highest BCUT2D eigenvalue weighted by atomic mass is 16.5. The second kappa shape index (κ2) is 5.43. The molecule has 0 spiro atoms. The zero-order valence-corrected chi connectivity index (χ0v) is 12.9. The lowest BCUT2D eigenvalue weighted by atomic mass is 9.66. The molecule has 0 aromatic carbocycles. The Bertz CT molecular complexity index is 606. The monoisotopic (exact) mass is 288 g/mol. The van der Waals surface area contributed by atoms with E-state index in [1.54, 1.807) is 32.9 Å². The number of esters is 1. The zero-order chi connectivity index (χ0) is 15.8. The molecule has 0 saturated carbocycles.